The van der Waals surface area contributed by atoms with E-state index in [0.29, 0.717) is 25.6 Å². The van der Waals surface area contributed by atoms with Gasteiger partial charge in [-0.1, -0.05) is 6.08 Å². The van der Waals surface area contributed by atoms with Crippen LogP contribution < -0.4 is 5.32 Å². The molecule has 2 fully saturated rings. The number of piperazine rings is 1. The fourth-order valence-electron chi connectivity index (χ4n) is 3.06. The van der Waals surface area contributed by atoms with Crippen LogP contribution in [0.25, 0.3) is 0 Å². The van der Waals surface area contributed by atoms with E-state index in [2.05, 4.69) is 16.3 Å². The Balaban J connectivity index is 1.77. The first-order valence-corrected chi connectivity index (χ1v) is 8.04. The van der Waals surface area contributed by atoms with E-state index in [1.807, 2.05) is 11.0 Å². The Hall–Kier alpha value is -1.42. The number of nitrogens with one attached hydrogen (secondary N) is 1. The summed E-state index contributed by atoms with van der Waals surface area (Å²) in [6, 6.07) is 2.16. The lowest BCUT2D eigenvalue weighted by Crippen LogP contribution is -2.53. The Labute approximate surface area is 132 Å². The molecule has 1 amide bonds. The standard InChI is InChI=1S/C16H26N4O2/c1-22-15-5-10-19(11-6-15)9-2-3-16(21)20-12-8-18-13-14(20)4-7-17/h2-3,14-15,18H,4-6,8-13H2,1H3. The minimum absolute atomic E-state index is 0.00616. The van der Waals surface area contributed by atoms with Gasteiger partial charge >= 0.3 is 0 Å². The summed E-state index contributed by atoms with van der Waals surface area (Å²) in [5.74, 6) is 0.0218. The molecule has 0 spiro atoms. The number of nitriles is 1. The molecule has 122 valence electrons. The summed E-state index contributed by atoms with van der Waals surface area (Å²) < 4.78 is 5.36. The Morgan fingerprint density at radius 1 is 1.41 bits per heavy atom. The molecule has 2 saturated heterocycles. The van der Waals surface area contributed by atoms with Crippen LogP contribution in [0, 0.1) is 11.3 Å². The number of carbonyl (C=O) groups is 1. The van der Waals surface area contributed by atoms with Crippen molar-refractivity contribution in [3.63, 3.8) is 0 Å². The topological polar surface area (TPSA) is 68.6 Å². The predicted molar refractivity (Wildman–Crippen MR) is 84.2 cm³/mol. The number of nitrogens with zero attached hydrogens (tertiary/aromatic N) is 3. The van der Waals surface area contributed by atoms with Crippen molar-refractivity contribution in [1.82, 2.24) is 15.1 Å². The first-order valence-electron chi connectivity index (χ1n) is 8.04. The lowest BCUT2D eigenvalue weighted by atomic mass is 10.1. The number of piperidine rings is 1. The molecule has 1 N–H and O–H groups in total. The smallest absolute Gasteiger partial charge is 0.246 e. The Morgan fingerprint density at radius 3 is 2.86 bits per heavy atom. The van der Waals surface area contributed by atoms with Gasteiger partial charge in [-0.25, -0.2) is 0 Å². The first-order chi connectivity index (χ1) is 10.7. The van der Waals surface area contributed by atoms with E-state index in [-0.39, 0.29) is 11.9 Å². The van der Waals surface area contributed by atoms with Crippen molar-refractivity contribution < 1.29 is 9.53 Å². The highest BCUT2D eigenvalue weighted by atomic mass is 16.5. The molecule has 6 nitrogen and oxygen atoms in total. The molecule has 1 atom stereocenters. The Bertz CT molecular complexity index is 424. The number of hydrogen-bond acceptors (Lipinski definition) is 5. The number of hydrogen-bond donors (Lipinski definition) is 1. The van der Waals surface area contributed by atoms with E-state index in [0.717, 1.165) is 39.0 Å². The highest BCUT2D eigenvalue weighted by Crippen LogP contribution is 2.12. The molecular formula is C16H26N4O2. The fraction of sp³-hybridized carbons (Fsp3) is 0.750. The number of methoxy groups -OCH3 is 1. The lowest BCUT2D eigenvalue weighted by Gasteiger charge is -2.34. The third-order valence-corrected chi connectivity index (χ3v) is 4.45. The van der Waals surface area contributed by atoms with Crippen molar-refractivity contribution in [2.75, 3.05) is 46.4 Å². The van der Waals surface area contributed by atoms with E-state index < -0.39 is 0 Å². The summed E-state index contributed by atoms with van der Waals surface area (Å²) in [5.41, 5.74) is 0. The monoisotopic (exact) mass is 306 g/mol. The zero-order chi connectivity index (χ0) is 15.8. The number of rotatable bonds is 5. The quantitative estimate of drug-likeness (QED) is 0.743. The van der Waals surface area contributed by atoms with Gasteiger partial charge in [-0.05, 0) is 12.8 Å². The molecule has 1 unspecified atom stereocenters. The first kappa shape index (κ1) is 16.9. The highest BCUT2D eigenvalue weighted by molar-refractivity contribution is 5.88. The van der Waals surface area contributed by atoms with Crippen LogP contribution in [0.3, 0.4) is 0 Å². The summed E-state index contributed by atoms with van der Waals surface area (Å²) in [6.45, 7) is 5.01. The third kappa shape index (κ3) is 4.80. The predicted octanol–water partition coefficient (Wildman–Crippen LogP) is 0.367. The van der Waals surface area contributed by atoms with Gasteiger partial charge in [-0.15, -0.1) is 0 Å². The molecule has 0 bridgehead atoms. The molecular weight excluding hydrogens is 280 g/mol. The van der Waals surface area contributed by atoms with Crippen LogP contribution in [0.2, 0.25) is 0 Å². The van der Waals surface area contributed by atoms with Gasteiger partial charge in [0, 0.05) is 52.5 Å². The van der Waals surface area contributed by atoms with E-state index in [4.69, 9.17) is 10.00 Å². The molecule has 0 aliphatic carbocycles. The minimum Gasteiger partial charge on any atom is -0.381 e. The highest BCUT2D eigenvalue weighted by Gasteiger charge is 2.24. The van der Waals surface area contributed by atoms with Crippen LogP contribution in [-0.2, 0) is 9.53 Å². The van der Waals surface area contributed by atoms with Crippen molar-refractivity contribution >= 4 is 5.91 Å². The maximum Gasteiger partial charge on any atom is 0.246 e. The number of amides is 1. The average Bonchev–Trinajstić information content (AvgIpc) is 2.56. The second-order valence-electron chi connectivity index (χ2n) is 5.89. The van der Waals surface area contributed by atoms with Crippen LogP contribution >= 0.6 is 0 Å². The lowest BCUT2D eigenvalue weighted by molar-refractivity contribution is -0.128. The van der Waals surface area contributed by atoms with Crippen LogP contribution in [0.1, 0.15) is 19.3 Å². The van der Waals surface area contributed by atoms with Crippen molar-refractivity contribution in [3.8, 4) is 6.07 Å². The molecule has 2 rings (SSSR count). The van der Waals surface area contributed by atoms with Gasteiger partial charge in [-0.2, -0.15) is 5.26 Å². The molecule has 0 aromatic rings. The van der Waals surface area contributed by atoms with Crippen LogP contribution in [-0.4, -0.2) is 74.2 Å². The molecule has 6 heteroatoms. The van der Waals surface area contributed by atoms with Crippen LogP contribution in [0.4, 0.5) is 0 Å². The Morgan fingerprint density at radius 2 is 2.18 bits per heavy atom. The second kappa shape index (κ2) is 8.89. The molecule has 2 aliphatic heterocycles. The summed E-state index contributed by atoms with van der Waals surface area (Å²) in [7, 11) is 1.77. The van der Waals surface area contributed by atoms with Gasteiger partial charge in [-0.3, -0.25) is 9.69 Å². The number of ether oxygens (including phenoxy) is 1. The van der Waals surface area contributed by atoms with Gasteiger partial charge in [0.15, 0.2) is 0 Å². The minimum atomic E-state index is -0.00616. The molecule has 2 aliphatic rings. The van der Waals surface area contributed by atoms with E-state index >= 15 is 0 Å². The normalized spacial score (nSPS) is 24.5. The average molecular weight is 306 g/mol. The zero-order valence-electron chi connectivity index (χ0n) is 13.3. The largest absolute Gasteiger partial charge is 0.381 e. The van der Waals surface area contributed by atoms with Crippen molar-refractivity contribution in [2.24, 2.45) is 0 Å². The summed E-state index contributed by atoms with van der Waals surface area (Å²) in [4.78, 5) is 16.4. The summed E-state index contributed by atoms with van der Waals surface area (Å²) >= 11 is 0. The zero-order valence-corrected chi connectivity index (χ0v) is 13.3. The molecule has 0 saturated carbocycles. The van der Waals surface area contributed by atoms with E-state index in [9.17, 15) is 4.79 Å². The number of likely N-dealkylation sites (tertiary alicyclic amines) is 1. The molecule has 22 heavy (non-hydrogen) atoms. The van der Waals surface area contributed by atoms with Crippen molar-refractivity contribution in [2.45, 2.75) is 31.4 Å². The van der Waals surface area contributed by atoms with Gasteiger partial charge in [0.2, 0.25) is 5.91 Å². The number of carbonyl (C=O) groups excluding carboxylic acids is 1. The van der Waals surface area contributed by atoms with E-state index in [1.165, 1.54) is 0 Å². The third-order valence-electron chi connectivity index (χ3n) is 4.45. The SMILES string of the molecule is COC1CCN(CC=CC(=O)N2CCNCC2CC#N)CC1. The summed E-state index contributed by atoms with van der Waals surface area (Å²) in [6.07, 6.45) is 6.49. The molecule has 0 radical (unpaired) electrons. The maximum absolute atomic E-state index is 12.3. The van der Waals surface area contributed by atoms with Gasteiger partial charge in [0.05, 0.1) is 24.6 Å². The molecule has 0 aromatic carbocycles. The van der Waals surface area contributed by atoms with Gasteiger partial charge in [0.25, 0.3) is 0 Å². The molecule has 0 aromatic heterocycles. The Kier molecular flexibility index (Phi) is 6.84. The van der Waals surface area contributed by atoms with Crippen molar-refractivity contribution in [3.05, 3.63) is 12.2 Å². The second-order valence-corrected chi connectivity index (χ2v) is 5.89. The van der Waals surface area contributed by atoms with Crippen LogP contribution in [0.15, 0.2) is 12.2 Å². The fourth-order valence-corrected chi connectivity index (χ4v) is 3.06. The maximum atomic E-state index is 12.3. The van der Waals surface area contributed by atoms with E-state index in [1.54, 1.807) is 13.2 Å². The molecule has 2 heterocycles. The summed E-state index contributed by atoms with van der Waals surface area (Å²) in [5, 5.41) is 12.1. The van der Waals surface area contributed by atoms with Gasteiger partial charge in [0.1, 0.15) is 0 Å². The van der Waals surface area contributed by atoms with Crippen molar-refractivity contribution in [1.29, 1.82) is 5.26 Å². The van der Waals surface area contributed by atoms with Gasteiger partial charge < -0.3 is 15.0 Å². The van der Waals surface area contributed by atoms with Crippen LogP contribution in [0.5, 0.6) is 0 Å².